The van der Waals surface area contributed by atoms with Gasteiger partial charge in [-0.2, -0.15) is 9.50 Å². The van der Waals surface area contributed by atoms with Crippen LogP contribution in [0.3, 0.4) is 0 Å². The molecule has 0 bridgehead atoms. The highest BCUT2D eigenvalue weighted by Gasteiger charge is 2.33. The van der Waals surface area contributed by atoms with Crippen LogP contribution in [-0.2, 0) is 4.79 Å². The summed E-state index contributed by atoms with van der Waals surface area (Å²) in [4.78, 5) is 33.3. The van der Waals surface area contributed by atoms with Crippen LogP contribution in [0.5, 0.6) is 5.75 Å². The van der Waals surface area contributed by atoms with Crippen LogP contribution >= 0.6 is 11.3 Å². The first-order chi connectivity index (χ1) is 15.6. The molecule has 0 saturated carbocycles. The fraction of sp³-hybridized carbons (Fsp3) is 0.250. The molecule has 0 fully saturated rings. The van der Waals surface area contributed by atoms with Crippen molar-refractivity contribution in [2.75, 3.05) is 18.1 Å². The molecule has 162 valence electrons. The van der Waals surface area contributed by atoms with Gasteiger partial charge in [-0.15, -0.1) is 5.10 Å². The molecular formula is C24H22N4O3S. The minimum atomic E-state index is -0.315. The summed E-state index contributed by atoms with van der Waals surface area (Å²) < 4.78 is 7.15. The molecule has 2 aromatic heterocycles. The number of fused-ring (bicyclic) bond motifs is 2. The van der Waals surface area contributed by atoms with Gasteiger partial charge in [0.25, 0.3) is 11.5 Å². The lowest BCUT2D eigenvalue weighted by atomic mass is 10.1. The number of thiazole rings is 1. The number of carbonyl (C=O) groups is 1. The third-order valence-electron chi connectivity index (χ3n) is 5.47. The van der Waals surface area contributed by atoms with Gasteiger partial charge in [-0.05, 0) is 43.7 Å². The zero-order valence-electron chi connectivity index (χ0n) is 17.9. The molecule has 1 aliphatic heterocycles. The molecule has 5 rings (SSSR count). The molecule has 3 heterocycles. The van der Waals surface area contributed by atoms with Crippen molar-refractivity contribution < 1.29 is 9.53 Å². The Hall–Kier alpha value is -3.52. The van der Waals surface area contributed by atoms with Gasteiger partial charge in [-0.25, -0.2) is 0 Å². The van der Waals surface area contributed by atoms with Gasteiger partial charge in [-0.1, -0.05) is 42.9 Å². The molecule has 0 N–H and O–H groups in total. The third-order valence-corrected chi connectivity index (χ3v) is 6.50. The molecule has 0 aliphatic carbocycles. The van der Waals surface area contributed by atoms with E-state index in [1.807, 2.05) is 55.5 Å². The molecule has 8 heteroatoms. The lowest BCUT2D eigenvalue weighted by molar-refractivity contribution is -0.113. The SMILES string of the molecule is CCCCN1C(=O)/C(=c2\sc3nc(-c4ccc(OCC)cc4)nn3c2=O)c2ccccc21. The maximum Gasteiger partial charge on any atom is 0.291 e. The second-order valence-electron chi connectivity index (χ2n) is 7.53. The maximum atomic E-state index is 13.3. The fourth-order valence-electron chi connectivity index (χ4n) is 3.91. The van der Waals surface area contributed by atoms with Crippen LogP contribution in [0.25, 0.3) is 21.9 Å². The summed E-state index contributed by atoms with van der Waals surface area (Å²) in [6.45, 7) is 5.25. The van der Waals surface area contributed by atoms with Crippen LogP contribution in [-0.4, -0.2) is 33.7 Å². The van der Waals surface area contributed by atoms with Crippen molar-refractivity contribution in [2.24, 2.45) is 0 Å². The number of rotatable bonds is 6. The predicted octanol–water partition coefficient (Wildman–Crippen LogP) is 3.28. The minimum absolute atomic E-state index is 0.131. The van der Waals surface area contributed by atoms with Gasteiger partial charge in [0, 0.05) is 17.7 Å². The van der Waals surface area contributed by atoms with E-state index in [-0.39, 0.29) is 11.5 Å². The van der Waals surface area contributed by atoms with Gasteiger partial charge in [0.05, 0.1) is 17.9 Å². The number of hydrogen-bond acceptors (Lipinski definition) is 6. The Bertz CT molecular complexity index is 1420. The Morgan fingerprint density at radius 1 is 1.03 bits per heavy atom. The normalized spacial score (nSPS) is 14.9. The summed E-state index contributed by atoms with van der Waals surface area (Å²) in [5, 5.41) is 4.42. The molecule has 0 spiro atoms. The number of carbonyl (C=O) groups excluding carboxylic acids is 1. The number of nitrogens with zero attached hydrogens (tertiary/aromatic N) is 4. The van der Waals surface area contributed by atoms with E-state index in [0.717, 1.165) is 35.4 Å². The van der Waals surface area contributed by atoms with Crippen LogP contribution in [0.1, 0.15) is 32.3 Å². The zero-order valence-corrected chi connectivity index (χ0v) is 18.7. The van der Waals surface area contributed by atoms with Gasteiger partial charge >= 0.3 is 0 Å². The number of amides is 1. The van der Waals surface area contributed by atoms with E-state index in [1.54, 1.807) is 4.90 Å². The second kappa shape index (κ2) is 8.20. The highest BCUT2D eigenvalue weighted by atomic mass is 32.1. The van der Waals surface area contributed by atoms with Gasteiger partial charge < -0.3 is 9.64 Å². The molecule has 7 nitrogen and oxygen atoms in total. The Morgan fingerprint density at radius 3 is 2.53 bits per heavy atom. The standard InChI is InChI=1S/C24H22N4O3S/c1-3-5-14-27-18-9-7-6-8-17(18)19(22(27)29)20-23(30)28-24(32-20)25-21(26-28)15-10-12-16(13-11-15)31-4-2/h6-13H,3-5,14H2,1-2H3/b20-19-. The summed E-state index contributed by atoms with van der Waals surface area (Å²) in [5.41, 5.74) is 2.58. The van der Waals surface area contributed by atoms with Crippen molar-refractivity contribution in [3.63, 3.8) is 0 Å². The molecule has 0 saturated heterocycles. The predicted molar refractivity (Wildman–Crippen MR) is 125 cm³/mol. The monoisotopic (exact) mass is 446 g/mol. The Balaban J connectivity index is 1.61. The molecule has 4 aromatic rings. The van der Waals surface area contributed by atoms with Crippen molar-refractivity contribution in [1.29, 1.82) is 0 Å². The lowest BCUT2D eigenvalue weighted by Gasteiger charge is -2.16. The van der Waals surface area contributed by atoms with E-state index < -0.39 is 0 Å². The van der Waals surface area contributed by atoms with Gasteiger partial charge in [0.1, 0.15) is 10.3 Å². The van der Waals surface area contributed by atoms with E-state index in [2.05, 4.69) is 17.0 Å². The maximum absolute atomic E-state index is 13.3. The third kappa shape index (κ3) is 3.27. The Morgan fingerprint density at radius 2 is 1.81 bits per heavy atom. The first-order valence-electron chi connectivity index (χ1n) is 10.7. The van der Waals surface area contributed by atoms with E-state index in [9.17, 15) is 9.59 Å². The van der Waals surface area contributed by atoms with Crippen LogP contribution in [0.15, 0.2) is 53.3 Å². The molecule has 2 aromatic carbocycles. The van der Waals surface area contributed by atoms with Crippen molar-refractivity contribution in [2.45, 2.75) is 26.7 Å². The molecule has 0 atom stereocenters. The number of benzene rings is 2. The lowest BCUT2D eigenvalue weighted by Crippen LogP contribution is -2.33. The van der Waals surface area contributed by atoms with Crippen LogP contribution in [0.4, 0.5) is 5.69 Å². The highest BCUT2D eigenvalue weighted by Crippen LogP contribution is 2.35. The molecule has 1 aliphatic rings. The molecule has 1 amide bonds. The first-order valence-corrected chi connectivity index (χ1v) is 11.5. The number of aromatic nitrogens is 3. The highest BCUT2D eigenvalue weighted by molar-refractivity contribution is 7.15. The summed E-state index contributed by atoms with van der Waals surface area (Å²) in [6, 6.07) is 15.1. The molecule has 0 unspecified atom stereocenters. The number of unbranched alkanes of at least 4 members (excludes halogenated alkanes) is 1. The van der Waals surface area contributed by atoms with Crippen molar-refractivity contribution in [1.82, 2.24) is 14.6 Å². The molecule has 32 heavy (non-hydrogen) atoms. The van der Waals surface area contributed by atoms with Crippen molar-refractivity contribution >= 4 is 33.5 Å². The smallest absolute Gasteiger partial charge is 0.291 e. The van der Waals surface area contributed by atoms with Gasteiger partial charge in [-0.3, -0.25) is 9.59 Å². The zero-order chi connectivity index (χ0) is 22.2. The van der Waals surface area contributed by atoms with E-state index in [1.165, 1.54) is 15.9 Å². The number of ether oxygens (including phenoxy) is 1. The molecular weight excluding hydrogens is 424 g/mol. The minimum Gasteiger partial charge on any atom is -0.494 e. The van der Waals surface area contributed by atoms with Crippen molar-refractivity contribution in [3.05, 3.63) is 69.0 Å². The van der Waals surface area contributed by atoms with Gasteiger partial charge in [0.2, 0.25) is 4.96 Å². The quantitative estimate of drug-likeness (QED) is 0.454. The summed E-state index contributed by atoms with van der Waals surface area (Å²) in [6.07, 6.45) is 1.89. The summed E-state index contributed by atoms with van der Waals surface area (Å²) >= 11 is 1.21. The van der Waals surface area contributed by atoms with E-state index in [4.69, 9.17) is 4.74 Å². The average Bonchev–Trinajstić information content (AvgIpc) is 3.44. The number of para-hydroxylation sites is 1. The van der Waals surface area contributed by atoms with Crippen LogP contribution in [0.2, 0.25) is 0 Å². The van der Waals surface area contributed by atoms with Crippen LogP contribution in [0, 0.1) is 0 Å². The van der Waals surface area contributed by atoms with E-state index >= 15 is 0 Å². The Labute approximate surface area is 188 Å². The summed E-state index contributed by atoms with van der Waals surface area (Å²) in [5.74, 6) is 1.11. The molecule has 0 radical (unpaired) electrons. The largest absolute Gasteiger partial charge is 0.494 e. The second-order valence-corrected chi connectivity index (χ2v) is 8.50. The van der Waals surface area contributed by atoms with Crippen LogP contribution < -0.4 is 19.7 Å². The Kier molecular flexibility index (Phi) is 5.22. The fourth-order valence-corrected chi connectivity index (χ4v) is 4.91. The average molecular weight is 447 g/mol. The topological polar surface area (TPSA) is 76.8 Å². The van der Waals surface area contributed by atoms with E-state index in [0.29, 0.717) is 34.0 Å². The number of anilines is 1. The van der Waals surface area contributed by atoms with Crippen molar-refractivity contribution in [3.8, 4) is 17.1 Å². The van der Waals surface area contributed by atoms with Gasteiger partial charge in [0.15, 0.2) is 5.82 Å². The first kappa shape index (κ1) is 20.4. The number of hydrogen-bond donors (Lipinski definition) is 0. The summed E-state index contributed by atoms with van der Waals surface area (Å²) in [7, 11) is 0.